The van der Waals surface area contributed by atoms with Crippen LogP contribution in [0.2, 0.25) is 0 Å². The lowest BCUT2D eigenvalue weighted by Crippen LogP contribution is -2.28. The van der Waals surface area contributed by atoms with Gasteiger partial charge in [-0.1, -0.05) is 0 Å². The first-order valence-corrected chi connectivity index (χ1v) is 5.62. The largest absolute Gasteiger partial charge is 0.466 e. The van der Waals surface area contributed by atoms with Crippen molar-refractivity contribution in [2.24, 2.45) is 5.92 Å². The summed E-state index contributed by atoms with van der Waals surface area (Å²) in [5.74, 6) is -0.505. The summed E-state index contributed by atoms with van der Waals surface area (Å²) in [4.78, 5) is 24.7. The van der Waals surface area contributed by atoms with Gasteiger partial charge in [0.05, 0.1) is 12.5 Å². The first-order valence-electron chi connectivity index (χ1n) is 5.62. The van der Waals surface area contributed by atoms with Crippen LogP contribution >= 0.6 is 0 Å². The van der Waals surface area contributed by atoms with Crippen molar-refractivity contribution in [1.82, 2.24) is 4.90 Å². The first kappa shape index (κ1) is 13.0. The molecule has 0 spiro atoms. The molecule has 16 heavy (non-hydrogen) atoms. The molecule has 5 nitrogen and oxygen atoms in total. The number of nitrogens with zero attached hydrogens (tertiary/aromatic N) is 1. The van der Waals surface area contributed by atoms with E-state index in [9.17, 15) is 9.59 Å². The van der Waals surface area contributed by atoms with Gasteiger partial charge in [-0.2, -0.15) is 0 Å². The monoisotopic (exact) mass is 229 g/mol. The molecule has 1 saturated heterocycles. The Bertz CT molecular complexity index is 254. The molecule has 0 aliphatic carbocycles. The summed E-state index contributed by atoms with van der Waals surface area (Å²) < 4.78 is 9.83. The Morgan fingerprint density at radius 3 is 2.94 bits per heavy atom. The number of amides is 1. The van der Waals surface area contributed by atoms with Crippen LogP contribution in [0.1, 0.15) is 19.8 Å². The summed E-state index contributed by atoms with van der Waals surface area (Å²) in [6, 6.07) is 0. The van der Waals surface area contributed by atoms with Gasteiger partial charge >= 0.3 is 5.97 Å². The Morgan fingerprint density at radius 1 is 1.56 bits per heavy atom. The van der Waals surface area contributed by atoms with Gasteiger partial charge in [0.15, 0.2) is 0 Å². The van der Waals surface area contributed by atoms with E-state index in [2.05, 4.69) is 0 Å². The molecule has 0 aromatic rings. The van der Waals surface area contributed by atoms with E-state index in [-0.39, 0.29) is 24.2 Å². The van der Waals surface area contributed by atoms with Crippen molar-refractivity contribution in [3.63, 3.8) is 0 Å². The third-order valence-electron chi connectivity index (χ3n) is 2.61. The summed E-state index contributed by atoms with van der Waals surface area (Å²) in [5.41, 5.74) is 0. The first-order chi connectivity index (χ1) is 7.69. The molecule has 1 aliphatic heterocycles. The van der Waals surface area contributed by atoms with Crippen molar-refractivity contribution in [1.29, 1.82) is 0 Å². The van der Waals surface area contributed by atoms with Crippen LogP contribution in [0.4, 0.5) is 0 Å². The molecule has 0 N–H and O–H groups in total. The van der Waals surface area contributed by atoms with Crippen LogP contribution in [-0.4, -0.2) is 50.2 Å². The van der Waals surface area contributed by atoms with Gasteiger partial charge in [-0.25, -0.2) is 0 Å². The van der Waals surface area contributed by atoms with Gasteiger partial charge in [0.2, 0.25) is 5.91 Å². The highest BCUT2D eigenvalue weighted by Gasteiger charge is 2.34. The molecule has 0 aromatic carbocycles. The zero-order chi connectivity index (χ0) is 12.0. The molecule has 0 saturated carbocycles. The second kappa shape index (κ2) is 6.48. The Labute approximate surface area is 95.7 Å². The predicted molar refractivity (Wildman–Crippen MR) is 57.8 cm³/mol. The number of carbonyl (C=O) groups is 2. The van der Waals surface area contributed by atoms with Crippen molar-refractivity contribution in [2.45, 2.75) is 19.8 Å². The minimum atomic E-state index is -0.282. The van der Waals surface area contributed by atoms with Gasteiger partial charge in [-0.05, 0) is 13.3 Å². The van der Waals surface area contributed by atoms with Crippen molar-refractivity contribution in [3.8, 4) is 0 Å². The fourth-order valence-corrected chi connectivity index (χ4v) is 1.81. The third-order valence-corrected chi connectivity index (χ3v) is 2.61. The molecule has 5 heteroatoms. The Morgan fingerprint density at radius 2 is 2.31 bits per heavy atom. The fourth-order valence-electron chi connectivity index (χ4n) is 1.81. The predicted octanol–water partition coefficient (Wildman–Crippen LogP) is 0.435. The topological polar surface area (TPSA) is 55.8 Å². The highest BCUT2D eigenvalue weighted by atomic mass is 16.5. The minimum Gasteiger partial charge on any atom is -0.466 e. The van der Waals surface area contributed by atoms with Gasteiger partial charge in [-0.15, -0.1) is 0 Å². The lowest BCUT2D eigenvalue weighted by atomic mass is 10.1. The average molecular weight is 229 g/mol. The van der Waals surface area contributed by atoms with E-state index in [0.717, 1.165) is 6.42 Å². The van der Waals surface area contributed by atoms with Gasteiger partial charge in [-0.3, -0.25) is 9.59 Å². The Kier molecular flexibility index (Phi) is 5.25. The maximum atomic E-state index is 11.6. The van der Waals surface area contributed by atoms with Crippen LogP contribution in [0, 0.1) is 5.92 Å². The van der Waals surface area contributed by atoms with Crippen molar-refractivity contribution >= 4 is 11.9 Å². The normalized spacial score (nSPS) is 20.2. The van der Waals surface area contributed by atoms with E-state index >= 15 is 0 Å². The highest BCUT2D eigenvalue weighted by Crippen LogP contribution is 2.19. The molecule has 0 aromatic heterocycles. The van der Waals surface area contributed by atoms with Gasteiger partial charge in [0.25, 0.3) is 0 Å². The second-order valence-electron chi connectivity index (χ2n) is 3.84. The van der Waals surface area contributed by atoms with E-state index in [1.54, 1.807) is 18.9 Å². The van der Waals surface area contributed by atoms with Crippen LogP contribution in [-0.2, 0) is 19.1 Å². The molecule has 1 aliphatic rings. The maximum Gasteiger partial charge on any atom is 0.311 e. The van der Waals surface area contributed by atoms with Gasteiger partial charge in [0, 0.05) is 33.2 Å². The fraction of sp³-hybridized carbons (Fsp3) is 0.818. The lowest BCUT2D eigenvalue weighted by molar-refractivity contribution is -0.147. The van der Waals surface area contributed by atoms with Crippen molar-refractivity contribution < 1.29 is 19.1 Å². The molecule has 0 radical (unpaired) electrons. The molecule has 1 fully saturated rings. The molecule has 1 rings (SSSR count). The van der Waals surface area contributed by atoms with Crippen molar-refractivity contribution in [2.75, 3.05) is 33.4 Å². The quantitative estimate of drug-likeness (QED) is 0.489. The lowest BCUT2D eigenvalue weighted by Gasteiger charge is -2.15. The molecule has 1 amide bonds. The van der Waals surface area contributed by atoms with Crippen LogP contribution in [0.25, 0.3) is 0 Å². The van der Waals surface area contributed by atoms with E-state index in [0.29, 0.717) is 26.3 Å². The zero-order valence-corrected chi connectivity index (χ0v) is 9.90. The number of hydrogen-bond donors (Lipinski definition) is 0. The standard InChI is InChI=1S/C11H19NO4/c1-3-16-11(14)9-7-10(13)12(8-9)5-4-6-15-2/h9H,3-8H2,1-2H3. The van der Waals surface area contributed by atoms with E-state index < -0.39 is 0 Å². The summed E-state index contributed by atoms with van der Waals surface area (Å²) >= 11 is 0. The number of rotatable bonds is 6. The smallest absolute Gasteiger partial charge is 0.311 e. The van der Waals surface area contributed by atoms with Crippen LogP contribution in [0.15, 0.2) is 0 Å². The number of methoxy groups -OCH3 is 1. The molecule has 92 valence electrons. The summed E-state index contributed by atoms with van der Waals surface area (Å²) in [6.45, 7) is 3.91. The van der Waals surface area contributed by atoms with E-state index in [1.807, 2.05) is 0 Å². The molecule has 1 unspecified atom stereocenters. The highest BCUT2D eigenvalue weighted by molar-refractivity contribution is 5.86. The van der Waals surface area contributed by atoms with Crippen LogP contribution in [0.5, 0.6) is 0 Å². The molecular weight excluding hydrogens is 210 g/mol. The third kappa shape index (κ3) is 3.48. The van der Waals surface area contributed by atoms with Gasteiger partial charge < -0.3 is 14.4 Å². The second-order valence-corrected chi connectivity index (χ2v) is 3.84. The summed E-state index contributed by atoms with van der Waals surface area (Å²) in [5, 5.41) is 0. The molecule has 1 atom stereocenters. The van der Waals surface area contributed by atoms with Crippen molar-refractivity contribution in [3.05, 3.63) is 0 Å². The maximum absolute atomic E-state index is 11.6. The summed E-state index contributed by atoms with van der Waals surface area (Å²) in [7, 11) is 1.63. The number of carbonyl (C=O) groups excluding carboxylic acids is 2. The SMILES string of the molecule is CCOC(=O)C1CC(=O)N(CCCOC)C1. The average Bonchev–Trinajstić information content (AvgIpc) is 2.61. The number of ether oxygens (including phenoxy) is 2. The summed E-state index contributed by atoms with van der Waals surface area (Å²) in [6.07, 6.45) is 1.09. The Hall–Kier alpha value is -1.10. The van der Waals surface area contributed by atoms with E-state index in [1.165, 1.54) is 0 Å². The number of esters is 1. The van der Waals surface area contributed by atoms with Crippen LogP contribution in [0.3, 0.4) is 0 Å². The van der Waals surface area contributed by atoms with Gasteiger partial charge in [0.1, 0.15) is 0 Å². The minimum absolute atomic E-state index is 0.0363. The Balaban J connectivity index is 2.35. The number of hydrogen-bond acceptors (Lipinski definition) is 4. The zero-order valence-electron chi connectivity index (χ0n) is 9.90. The molecule has 0 bridgehead atoms. The molecule has 1 heterocycles. The van der Waals surface area contributed by atoms with Crippen LogP contribution < -0.4 is 0 Å². The van der Waals surface area contributed by atoms with E-state index in [4.69, 9.17) is 9.47 Å². The molecular formula is C11H19NO4. The number of likely N-dealkylation sites (tertiary alicyclic amines) is 1.